The molecule has 19 nitrogen and oxygen atoms in total. The van der Waals surface area contributed by atoms with Crippen molar-refractivity contribution >= 4 is 5.91 Å². The first-order chi connectivity index (χ1) is 48.3. The molecule has 0 bridgehead atoms. The second kappa shape index (κ2) is 60.7. The third-order valence-corrected chi connectivity index (χ3v) is 19.8. The van der Waals surface area contributed by atoms with Crippen LogP contribution in [0.15, 0.2) is 60.8 Å². The lowest BCUT2D eigenvalue weighted by Crippen LogP contribution is -2.66. The Morgan fingerprint density at radius 1 is 0.364 bits per heavy atom. The highest BCUT2D eigenvalue weighted by Crippen LogP contribution is 2.33. The zero-order chi connectivity index (χ0) is 71.8. The fourth-order valence-corrected chi connectivity index (χ4v) is 13.3. The minimum absolute atomic E-state index is 0.234. The van der Waals surface area contributed by atoms with Gasteiger partial charge in [-0.15, -0.1) is 0 Å². The van der Waals surface area contributed by atoms with Crippen LogP contribution in [-0.2, 0) is 33.2 Å². The van der Waals surface area contributed by atoms with E-state index < -0.39 is 124 Å². The lowest BCUT2D eigenvalue weighted by Gasteiger charge is -2.48. The van der Waals surface area contributed by atoms with Gasteiger partial charge in [-0.05, 0) is 70.6 Å². The first-order valence-corrected chi connectivity index (χ1v) is 40.0. The third kappa shape index (κ3) is 41.1. The highest BCUT2D eigenvalue weighted by atomic mass is 16.8. The molecule has 12 N–H and O–H groups in total. The summed E-state index contributed by atoms with van der Waals surface area (Å²) in [6.45, 7) is 1.74. The molecule has 17 unspecified atom stereocenters. The van der Waals surface area contributed by atoms with Gasteiger partial charge in [0.2, 0.25) is 5.91 Å². The average molecular weight is 1410 g/mol. The zero-order valence-electron chi connectivity index (χ0n) is 61.7. The largest absolute Gasteiger partial charge is 0.394 e. The van der Waals surface area contributed by atoms with Crippen LogP contribution >= 0.6 is 0 Å². The summed E-state index contributed by atoms with van der Waals surface area (Å²) in [5.41, 5.74) is 0. The van der Waals surface area contributed by atoms with E-state index in [0.717, 1.165) is 51.4 Å². The molecule has 0 aromatic rings. The van der Waals surface area contributed by atoms with Gasteiger partial charge in [0, 0.05) is 6.42 Å². The van der Waals surface area contributed by atoms with Gasteiger partial charge in [-0.25, -0.2) is 0 Å². The quantitative estimate of drug-likeness (QED) is 0.0199. The molecule has 578 valence electrons. The molecule has 0 radical (unpaired) electrons. The third-order valence-electron chi connectivity index (χ3n) is 19.8. The molecule has 3 aliphatic heterocycles. The summed E-state index contributed by atoms with van der Waals surface area (Å²) in [6.07, 6.45) is 50.6. The average Bonchev–Trinajstić information content (AvgIpc) is 0.785. The van der Waals surface area contributed by atoms with Crippen LogP contribution in [0.2, 0.25) is 0 Å². The van der Waals surface area contributed by atoms with E-state index in [9.17, 15) is 61.0 Å². The van der Waals surface area contributed by atoms with Crippen LogP contribution in [0.5, 0.6) is 0 Å². The Labute approximate surface area is 598 Å². The van der Waals surface area contributed by atoms with E-state index in [2.05, 4.69) is 67.8 Å². The number of nitrogens with one attached hydrogen (secondary N) is 1. The lowest BCUT2D eigenvalue weighted by atomic mass is 9.96. The number of carbonyl (C=O) groups is 1. The minimum atomic E-state index is -1.98. The number of aliphatic hydroxyl groups is 11. The fraction of sp³-hybridized carbons (Fsp3) is 0.863. The van der Waals surface area contributed by atoms with Gasteiger partial charge in [0.05, 0.1) is 38.6 Å². The molecule has 17 atom stereocenters. The van der Waals surface area contributed by atoms with Gasteiger partial charge in [-0.2, -0.15) is 0 Å². The van der Waals surface area contributed by atoms with E-state index in [-0.39, 0.29) is 18.9 Å². The summed E-state index contributed by atoms with van der Waals surface area (Å²) in [7, 11) is 0. The first kappa shape index (κ1) is 90.7. The Kier molecular flexibility index (Phi) is 55.6. The predicted octanol–water partition coefficient (Wildman–Crippen LogP) is 13.1. The molecule has 3 saturated heterocycles. The summed E-state index contributed by atoms with van der Waals surface area (Å²) in [6, 6.07) is -0.994. The number of carbonyl (C=O) groups excluding carboxylic acids is 1. The summed E-state index contributed by atoms with van der Waals surface area (Å²) >= 11 is 0. The molecule has 99 heavy (non-hydrogen) atoms. The standard InChI is InChI=1S/C80H145NO18/c1-3-5-7-9-11-13-15-17-19-21-23-25-27-29-30-31-32-34-36-38-40-42-44-46-48-50-52-54-56-58-68(86)81-63(64(85)57-55-53-51-49-47-45-43-41-39-37-35-33-28-26-24-22-20-18-16-14-12-10-8-6-4-2)62-94-78-74(92)71(89)76(66(60-83)96-78)99-80-75(93)72(90)77(67(61-84)97-80)98-79-73(91)70(88)69(87)65(59-82)95-79/h15,17,21,23,27,29,47,49,55,57,63-67,69-80,82-85,87-93H,3-14,16,18-20,22,24-26,28,30-46,48,50-54,56,58-62H2,1-2H3,(H,81,86)/b17-15-,23-21-,29-27-,49-47+,57-55+. The topological polar surface area (TPSA) is 307 Å². The summed E-state index contributed by atoms with van der Waals surface area (Å²) in [4.78, 5) is 13.5. The molecule has 3 rings (SSSR count). The molecule has 0 spiro atoms. The molecule has 3 heterocycles. The second-order valence-corrected chi connectivity index (χ2v) is 28.5. The van der Waals surface area contributed by atoms with E-state index in [4.69, 9.17) is 28.4 Å². The van der Waals surface area contributed by atoms with Crippen LogP contribution in [0.25, 0.3) is 0 Å². The van der Waals surface area contributed by atoms with E-state index >= 15 is 0 Å². The summed E-state index contributed by atoms with van der Waals surface area (Å²) in [5.74, 6) is -0.284. The van der Waals surface area contributed by atoms with Crippen LogP contribution < -0.4 is 5.32 Å². The maximum absolute atomic E-state index is 13.5. The Hall–Kier alpha value is -2.51. The van der Waals surface area contributed by atoms with Crippen molar-refractivity contribution in [3.8, 4) is 0 Å². The van der Waals surface area contributed by atoms with Gasteiger partial charge in [-0.3, -0.25) is 4.79 Å². The van der Waals surface area contributed by atoms with Crippen molar-refractivity contribution < 1.29 is 89.4 Å². The number of ether oxygens (including phenoxy) is 6. The normalized spacial score (nSPS) is 26.9. The molecule has 3 fully saturated rings. The molecule has 1 amide bonds. The second-order valence-electron chi connectivity index (χ2n) is 28.5. The molecule has 0 aromatic carbocycles. The summed E-state index contributed by atoms with van der Waals surface area (Å²) in [5, 5.41) is 121. The Morgan fingerprint density at radius 3 is 1.08 bits per heavy atom. The molecule has 3 aliphatic rings. The van der Waals surface area contributed by atoms with Crippen LogP contribution in [-0.4, -0.2) is 193 Å². The molecule has 0 saturated carbocycles. The van der Waals surface area contributed by atoms with Gasteiger partial charge in [-0.1, -0.05) is 293 Å². The number of hydrogen-bond donors (Lipinski definition) is 12. The first-order valence-electron chi connectivity index (χ1n) is 40.0. The number of rotatable bonds is 63. The molecular weight excluding hydrogens is 1260 g/mol. The van der Waals surface area contributed by atoms with E-state index in [1.807, 2.05) is 6.08 Å². The maximum Gasteiger partial charge on any atom is 0.220 e. The van der Waals surface area contributed by atoms with Gasteiger partial charge >= 0.3 is 0 Å². The van der Waals surface area contributed by atoms with Crippen molar-refractivity contribution in [1.29, 1.82) is 0 Å². The predicted molar refractivity (Wildman–Crippen MR) is 392 cm³/mol. The fourth-order valence-electron chi connectivity index (χ4n) is 13.3. The molecule has 0 aliphatic carbocycles. The smallest absolute Gasteiger partial charge is 0.220 e. The molecular formula is C80H145NO18. The van der Waals surface area contributed by atoms with Crippen molar-refractivity contribution in [2.75, 3.05) is 26.4 Å². The van der Waals surface area contributed by atoms with Crippen molar-refractivity contribution in [2.24, 2.45) is 0 Å². The maximum atomic E-state index is 13.5. The molecule has 0 aromatic heterocycles. The van der Waals surface area contributed by atoms with Crippen molar-refractivity contribution in [3.05, 3.63) is 60.8 Å². The van der Waals surface area contributed by atoms with Crippen molar-refractivity contribution in [1.82, 2.24) is 5.32 Å². The van der Waals surface area contributed by atoms with Gasteiger partial charge in [0.25, 0.3) is 0 Å². The van der Waals surface area contributed by atoms with Crippen molar-refractivity contribution in [3.63, 3.8) is 0 Å². The van der Waals surface area contributed by atoms with Crippen molar-refractivity contribution in [2.45, 2.75) is 413 Å². The van der Waals surface area contributed by atoms with Crippen LogP contribution in [0, 0.1) is 0 Å². The van der Waals surface area contributed by atoms with E-state index in [1.165, 1.54) is 225 Å². The van der Waals surface area contributed by atoms with Crippen LogP contribution in [0.3, 0.4) is 0 Å². The minimum Gasteiger partial charge on any atom is -0.394 e. The number of unbranched alkanes of at least 4 members (excludes halogenated alkanes) is 39. The monoisotopic (exact) mass is 1410 g/mol. The van der Waals surface area contributed by atoms with Gasteiger partial charge < -0.3 is 89.9 Å². The zero-order valence-corrected chi connectivity index (χ0v) is 61.7. The Morgan fingerprint density at radius 2 is 0.677 bits per heavy atom. The Balaban J connectivity index is 1.39. The highest BCUT2D eigenvalue weighted by Gasteiger charge is 2.54. The summed E-state index contributed by atoms with van der Waals surface area (Å²) < 4.78 is 34.4. The van der Waals surface area contributed by atoms with Gasteiger partial charge in [0.15, 0.2) is 18.9 Å². The number of amides is 1. The van der Waals surface area contributed by atoms with E-state index in [0.29, 0.717) is 12.8 Å². The number of allylic oxidation sites excluding steroid dienone is 9. The number of hydrogen-bond acceptors (Lipinski definition) is 18. The van der Waals surface area contributed by atoms with Crippen LogP contribution in [0.4, 0.5) is 0 Å². The van der Waals surface area contributed by atoms with E-state index in [1.54, 1.807) is 6.08 Å². The molecule has 19 heteroatoms. The van der Waals surface area contributed by atoms with Crippen LogP contribution in [0.1, 0.15) is 309 Å². The lowest BCUT2D eigenvalue weighted by molar-refractivity contribution is -0.379. The SMILES string of the molecule is CCCCCCC/C=C\C/C=C\C/C=C\CCCCCCCCCCCCCCCCC(=O)NC(COC1OC(CO)C(OC2OC(CO)C(OC3OC(CO)C(O)C(O)C3O)C(O)C2O)C(O)C1O)C(O)/C=C/CC/C=C/CCCCCCCCCCCCCCCCCCCCC. The Bertz CT molecular complexity index is 2020. The van der Waals surface area contributed by atoms with Gasteiger partial charge in [0.1, 0.15) is 73.2 Å². The number of aliphatic hydroxyl groups excluding tert-OH is 11. The highest BCUT2D eigenvalue weighted by molar-refractivity contribution is 5.76.